The lowest BCUT2D eigenvalue weighted by Crippen LogP contribution is -2.23. The van der Waals surface area contributed by atoms with Crippen molar-refractivity contribution < 1.29 is 14.3 Å². The Kier molecular flexibility index (Phi) is 6.93. The van der Waals surface area contributed by atoms with Crippen LogP contribution in [0.4, 0.5) is 0 Å². The molecule has 168 valence electrons. The van der Waals surface area contributed by atoms with Crippen molar-refractivity contribution in [2.24, 2.45) is 5.92 Å². The molecule has 1 aliphatic carbocycles. The van der Waals surface area contributed by atoms with Crippen molar-refractivity contribution in [3.8, 4) is 17.4 Å². The molecule has 32 heavy (non-hydrogen) atoms. The number of amides is 1. The lowest BCUT2D eigenvalue weighted by atomic mass is 9.90. The van der Waals surface area contributed by atoms with E-state index >= 15 is 0 Å². The highest BCUT2D eigenvalue weighted by molar-refractivity contribution is 5.80. The van der Waals surface area contributed by atoms with Crippen LogP contribution in [-0.4, -0.2) is 17.5 Å². The molecule has 0 spiro atoms. The van der Waals surface area contributed by atoms with Crippen molar-refractivity contribution in [2.75, 3.05) is 6.61 Å². The molecule has 1 fully saturated rings. The summed E-state index contributed by atoms with van der Waals surface area (Å²) in [5.74, 6) is 2.87. The van der Waals surface area contributed by atoms with Gasteiger partial charge in [0.05, 0.1) is 18.2 Å². The van der Waals surface area contributed by atoms with Gasteiger partial charge in [-0.05, 0) is 80.1 Å². The molecular weight excluding hydrogens is 400 g/mol. The quantitative estimate of drug-likeness (QED) is 0.463. The van der Waals surface area contributed by atoms with Crippen LogP contribution in [0.15, 0.2) is 48.5 Å². The highest BCUT2D eigenvalue weighted by atomic mass is 16.5. The number of nitrogens with one attached hydrogen (secondary N) is 1. The lowest BCUT2D eigenvalue weighted by molar-refractivity contribution is -0.119. The van der Waals surface area contributed by atoms with Gasteiger partial charge in [0.1, 0.15) is 11.5 Å². The number of aryl methyl sites for hydroxylation is 1. The summed E-state index contributed by atoms with van der Waals surface area (Å²) >= 11 is 0. The van der Waals surface area contributed by atoms with Crippen molar-refractivity contribution in [2.45, 2.75) is 58.9 Å². The van der Waals surface area contributed by atoms with Gasteiger partial charge in [-0.15, -0.1) is 0 Å². The van der Waals surface area contributed by atoms with E-state index in [1.54, 1.807) is 0 Å². The normalized spacial score (nSPS) is 15.3. The molecule has 1 aliphatic rings. The second-order valence-corrected chi connectivity index (χ2v) is 8.87. The fraction of sp³-hybridized carbons (Fsp3) is 0.407. The Balaban J connectivity index is 1.42. The summed E-state index contributed by atoms with van der Waals surface area (Å²) in [6, 6.07) is 15.8. The summed E-state index contributed by atoms with van der Waals surface area (Å²) in [6.45, 7) is 6.33. The maximum absolute atomic E-state index is 11.3. The molecule has 0 aliphatic heterocycles. The molecule has 2 aromatic carbocycles. The van der Waals surface area contributed by atoms with Gasteiger partial charge in [-0.2, -0.15) is 0 Å². The van der Waals surface area contributed by atoms with Crippen molar-refractivity contribution in [1.82, 2.24) is 10.3 Å². The first-order valence-corrected chi connectivity index (χ1v) is 11.6. The number of benzene rings is 2. The van der Waals surface area contributed by atoms with Crippen LogP contribution in [0, 0.1) is 12.8 Å². The Labute approximate surface area is 190 Å². The molecule has 5 nitrogen and oxygen atoms in total. The first-order valence-electron chi connectivity index (χ1n) is 11.6. The number of hydrogen-bond donors (Lipinski definition) is 1. The zero-order chi connectivity index (χ0) is 22.5. The van der Waals surface area contributed by atoms with Crippen molar-refractivity contribution in [3.05, 3.63) is 59.7 Å². The van der Waals surface area contributed by atoms with Gasteiger partial charge >= 0.3 is 0 Å². The largest absolute Gasteiger partial charge is 0.493 e. The Morgan fingerprint density at radius 1 is 1.09 bits per heavy atom. The fourth-order valence-corrected chi connectivity index (χ4v) is 4.35. The highest BCUT2D eigenvalue weighted by Gasteiger charge is 2.14. The van der Waals surface area contributed by atoms with Gasteiger partial charge in [-0.3, -0.25) is 4.79 Å². The molecule has 1 aromatic heterocycles. The van der Waals surface area contributed by atoms with Gasteiger partial charge in [-0.25, -0.2) is 4.98 Å². The molecular formula is C27H32N2O3. The Bertz CT molecular complexity index is 1090. The Hall–Kier alpha value is -3.08. The SMILES string of the molecule is CC(=O)NC(C)c1ccc2nc(Oc3ccc(OCC4CCCCC4)cc3C)ccc2c1. The van der Waals surface area contributed by atoms with E-state index in [1.165, 1.54) is 39.0 Å². The molecule has 0 saturated heterocycles. The van der Waals surface area contributed by atoms with Crippen LogP contribution in [0.5, 0.6) is 17.4 Å². The third-order valence-corrected chi connectivity index (χ3v) is 6.18. The third kappa shape index (κ3) is 5.58. The average Bonchev–Trinajstić information content (AvgIpc) is 2.79. The number of hydrogen-bond acceptors (Lipinski definition) is 4. The second kappa shape index (κ2) is 10.0. The number of rotatable bonds is 7. The summed E-state index contributed by atoms with van der Waals surface area (Å²) in [6.07, 6.45) is 6.58. The first-order chi connectivity index (χ1) is 15.5. The van der Waals surface area contributed by atoms with Crippen LogP contribution in [0.3, 0.4) is 0 Å². The van der Waals surface area contributed by atoms with E-state index in [-0.39, 0.29) is 11.9 Å². The lowest BCUT2D eigenvalue weighted by Gasteiger charge is -2.21. The minimum absolute atomic E-state index is 0.0414. The van der Waals surface area contributed by atoms with Crippen LogP contribution in [-0.2, 0) is 4.79 Å². The third-order valence-electron chi connectivity index (χ3n) is 6.18. The van der Waals surface area contributed by atoms with Gasteiger partial charge in [0.15, 0.2) is 0 Å². The topological polar surface area (TPSA) is 60.5 Å². The summed E-state index contributed by atoms with van der Waals surface area (Å²) < 4.78 is 12.1. The summed E-state index contributed by atoms with van der Waals surface area (Å²) in [4.78, 5) is 16.0. The predicted molar refractivity (Wildman–Crippen MR) is 127 cm³/mol. The number of carbonyl (C=O) groups is 1. The molecule has 0 radical (unpaired) electrons. The van der Waals surface area contributed by atoms with E-state index in [2.05, 4.69) is 16.4 Å². The van der Waals surface area contributed by atoms with Gasteiger partial charge < -0.3 is 14.8 Å². The molecule has 1 saturated carbocycles. The van der Waals surface area contributed by atoms with Gasteiger partial charge in [0.25, 0.3) is 0 Å². The van der Waals surface area contributed by atoms with Crippen molar-refractivity contribution in [1.29, 1.82) is 0 Å². The molecule has 3 aromatic rings. The zero-order valence-electron chi connectivity index (χ0n) is 19.2. The van der Waals surface area contributed by atoms with Crippen LogP contribution in [0.25, 0.3) is 10.9 Å². The first kappa shape index (κ1) is 22.1. The Morgan fingerprint density at radius 2 is 1.91 bits per heavy atom. The molecule has 5 heteroatoms. The monoisotopic (exact) mass is 432 g/mol. The van der Waals surface area contributed by atoms with Crippen molar-refractivity contribution in [3.63, 3.8) is 0 Å². The van der Waals surface area contributed by atoms with E-state index < -0.39 is 0 Å². The second-order valence-electron chi connectivity index (χ2n) is 8.87. The predicted octanol–water partition coefficient (Wildman–Crippen LogP) is 6.49. The van der Waals surface area contributed by atoms with Crippen molar-refractivity contribution >= 4 is 16.8 Å². The van der Waals surface area contributed by atoms with E-state index in [0.717, 1.165) is 40.1 Å². The van der Waals surface area contributed by atoms with Gasteiger partial charge in [0.2, 0.25) is 11.8 Å². The molecule has 4 rings (SSSR count). The van der Waals surface area contributed by atoms with E-state index in [1.807, 2.05) is 56.3 Å². The zero-order valence-corrected chi connectivity index (χ0v) is 19.2. The Morgan fingerprint density at radius 3 is 2.66 bits per heavy atom. The maximum atomic E-state index is 11.3. The molecule has 1 atom stereocenters. The minimum atomic E-state index is -0.0469. The number of pyridine rings is 1. The van der Waals surface area contributed by atoms with E-state index in [9.17, 15) is 4.79 Å². The minimum Gasteiger partial charge on any atom is -0.493 e. The number of carbonyl (C=O) groups excluding carboxylic acids is 1. The molecule has 1 N–H and O–H groups in total. The van der Waals surface area contributed by atoms with Gasteiger partial charge in [0, 0.05) is 18.4 Å². The highest BCUT2D eigenvalue weighted by Crippen LogP contribution is 2.30. The summed E-state index contributed by atoms with van der Waals surface area (Å²) in [7, 11) is 0. The van der Waals surface area contributed by atoms with E-state index in [0.29, 0.717) is 11.8 Å². The van der Waals surface area contributed by atoms with Crippen LogP contribution in [0.2, 0.25) is 0 Å². The number of aromatic nitrogens is 1. The number of fused-ring (bicyclic) bond motifs is 1. The number of ether oxygens (including phenoxy) is 2. The summed E-state index contributed by atoms with van der Waals surface area (Å²) in [5.41, 5.74) is 2.92. The molecule has 1 heterocycles. The van der Waals surface area contributed by atoms with E-state index in [4.69, 9.17) is 9.47 Å². The summed E-state index contributed by atoms with van der Waals surface area (Å²) in [5, 5.41) is 3.92. The molecule has 0 bridgehead atoms. The fourth-order valence-electron chi connectivity index (χ4n) is 4.35. The van der Waals surface area contributed by atoms with Crippen LogP contribution in [0.1, 0.15) is 63.1 Å². The van der Waals surface area contributed by atoms with Crippen LogP contribution >= 0.6 is 0 Å². The standard InChI is InChI=1S/C27H32N2O3/c1-18-15-24(31-17-21-7-5-4-6-8-21)11-13-26(18)32-27-14-10-23-16-22(9-12-25(23)29-27)19(2)28-20(3)30/h9-16,19,21H,4-8,17H2,1-3H3,(H,28,30). The smallest absolute Gasteiger partial charge is 0.219 e. The van der Waals surface area contributed by atoms with Crippen LogP contribution < -0.4 is 14.8 Å². The molecule has 1 amide bonds. The van der Waals surface area contributed by atoms with Gasteiger partial charge in [-0.1, -0.05) is 25.3 Å². The maximum Gasteiger partial charge on any atom is 0.219 e. The number of nitrogens with zero attached hydrogens (tertiary/aromatic N) is 1. The average molecular weight is 433 g/mol. The molecule has 1 unspecified atom stereocenters.